The molecule has 1 aliphatic carbocycles. The van der Waals surface area contributed by atoms with E-state index < -0.39 is 0 Å². The molecule has 0 aromatic heterocycles. The number of rotatable bonds is 4. The predicted molar refractivity (Wildman–Crippen MR) is 80.1 cm³/mol. The Morgan fingerprint density at radius 3 is 2.61 bits per heavy atom. The van der Waals surface area contributed by atoms with Crippen LogP contribution in [0.3, 0.4) is 0 Å². The number of anilines is 2. The van der Waals surface area contributed by atoms with E-state index in [1.54, 1.807) is 0 Å². The summed E-state index contributed by atoms with van der Waals surface area (Å²) in [6, 6.07) is 6.26. The van der Waals surface area contributed by atoms with Crippen LogP contribution >= 0.6 is 11.6 Å². The molecule has 1 aromatic carbocycles. The molecule has 0 saturated heterocycles. The van der Waals surface area contributed by atoms with Gasteiger partial charge in [0, 0.05) is 11.1 Å². The van der Waals surface area contributed by atoms with Gasteiger partial charge >= 0.3 is 0 Å². The first-order valence-electron chi connectivity index (χ1n) is 7.00. The largest absolute Gasteiger partial charge is 0.397 e. The number of benzene rings is 1. The summed E-state index contributed by atoms with van der Waals surface area (Å²) in [6.45, 7) is 2.28. The highest BCUT2D eigenvalue weighted by atomic mass is 35.5. The molecule has 0 atom stereocenters. The summed E-state index contributed by atoms with van der Waals surface area (Å²) in [4.78, 5) is 0. The molecule has 1 saturated carbocycles. The van der Waals surface area contributed by atoms with E-state index in [-0.39, 0.29) is 0 Å². The zero-order chi connectivity index (χ0) is 13.0. The van der Waals surface area contributed by atoms with Crippen molar-refractivity contribution in [3.63, 3.8) is 0 Å². The highest BCUT2D eigenvalue weighted by Crippen LogP contribution is 2.31. The van der Waals surface area contributed by atoms with E-state index >= 15 is 0 Å². The van der Waals surface area contributed by atoms with Crippen molar-refractivity contribution in [1.29, 1.82) is 0 Å². The summed E-state index contributed by atoms with van der Waals surface area (Å²) in [5.41, 5.74) is 7.74. The maximum atomic E-state index is 5.97. The minimum absolute atomic E-state index is 0.571. The van der Waals surface area contributed by atoms with E-state index in [0.717, 1.165) is 17.3 Å². The van der Waals surface area contributed by atoms with Crippen molar-refractivity contribution in [3.8, 4) is 0 Å². The molecule has 2 nitrogen and oxygen atoms in total. The number of hydrogen-bond acceptors (Lipinski definition) is 2. The van der Waals surface area contributed by atoms with Gasteiger partial charge < -0.3 is 11.1 Å². The van der Waals surface area contributed by atoms with Gasteiger partial charge in [0.05, 0.1) is 11.4 Å². The van der Waals surface area contributed by atoms with Crippen molar-refractivity contribution in [2.75, 3.05) is 11.1 Å². The molecule has 0 heterocycles. The minimum Gasteiger partial charge on any atom is -0.397 e. The molecule has 0 radical (unpaired) electrons. The third-order valence-electron chi connectivity index (χ3n) is 3.92. The van der Waals surface area contributed by atoms with Crippen LogP contribution < -0.4 is 11.1 Å². The second kappa shape index (κ2) is 6.33. The molecule has 3 N–H and O–H groups in total. The van der Waals surface area contributed by atoms with Gasteiger partial charge in [0.2, 0.25) is 0 Å². The predicted octanol–water partition coefficient (Wildman–Crippen LogP) is 4.69. The summed E-state index contributed by atoms with van der Waals surface area (Å²) in [5, 5.41) is 4.25. The molecule has 1 fully saturated rings. The van der Waals surface area contributed by atoms with Gasteiger partial charge in [-0.15, -0.1) is 0 Å². The number of hydrogen-bond donors (Lipinski definition) is 2. The first-order valence-corrected chi connectivity index (χ1v) is 7.38. The maximum Gasteiger partial charge on any atom is 0.0577 e. The van der Waals surface area contributed by atoms with Gasteiger partial charge in [0.15, 0.2) is 0 Å². The van der Waals surface area contributed by atoms with Crippen molar-refractivity contribution in [2.45, 2.75) is 51.5 Å². The van der Waals surface area contributed by atoms with Gasteiger partial charge in [-0.3, -0.25) is 0 Å². The van der Waals surface area contributed by atoms with Crippen LogP contribution in [0.4, 0.5) is 11.4 Å². The first-order chi connectivity index (χ1) is 8.69. The smallest absolute Gasteiger partial charge is 0.0577 e. The van der Waals surface area contributed by atoms with Gasteiger partial charge in [-0.25, -0.2) is 0 Å². The fourth-order valence-corrected chi connectivity index (χ4v) is 3.07. The zero-order valence-corrected chi connectivity index (χ0v) is 11.8. The molecule has 18 heavy (non-hydrogen) atoms. The van der Waals surface area contributed by atoms with Crippen LogP contribution in [-0.2, 0) is 0 Å². The van der Waals surface area contributed by atoms with Crippen LogP contribution in [0, 0.1) is 5.92 Å². The molecule has 0 aliphatic heterocycles. The normalized spacial score (nSPS) is 23.9. The average Bonchev–Trinajstić information content (AvgIpc) is 2.35. The van der Waals surface area contributed by atoms with E-state index in [0.29, 0.717) is 11.1 Å². The molecule has 0 spiro atoms. The minimum atomic E-state index is 0.571. The third kappa shape index (κ3) is 3.55. The van der Waals surface area contributed by atoms with E-state index in [1.165, 1.54) is 38.5 Å². The standard InChI is InChI=1S/C15H23ClN2/c1-2-3-11-4-7-13(8-5-11)18-15-9-6-12(16)10-14(15)17/h6,9-11,13,18H,2-5,7-8,17H2,1H3. The Hall–Kier alpha value is -0.890. The first kappa shape index (κ1) is 13.5. The molecule has 100 valence electrons. The van der Waals surface area contributed by atoms with Gasteiger partial charge in [-0.1, -0.05) is 31.4 Å². The van der Waals surface area contributed by atoms with E-state index in [1.807, 2.05) is 18.2 Å². The summed E-state index contributed by atoms with van der Waals surface area (Å²) in [6.07, 6.45) is 7.90. The van der Waals surface area contributed by atoms with Gasteiger partial charge in [0.25, 0.3) is 0 Å². The van der Waals surface area contributed by atoms with Crippen molar-refractivity contribution in [3.05, 3.63) is 23.2 Å². The Bertz CT molecular complexity index is 384. The Balaban J connectivity index is 1.87. The number of halogens is 1. The summed E-state index contributed by atoms with van der Waals surface area (Å²) in [5.74, 6) is 0.940. The van der Waals surface area contributed by atoms with Crippen LogP contribution in [0.15, 0.2) is 18.2 Å². The second-order valence-corrected chi connectivity index (χ2v) is 5.82. The van der Waals surface area contributed by atoms with E-state index in [2.05, 4.69) is 12.2 Å². The van der Waals surface area contributed by atoms with Gasteiger partial charge in [-0.2, -0.15) is 0 Å². The molecule has 2 rings (SSSR count). The topological polar surface area (TPSA) is 38.0 Å². The summed E-state index contributed by atoms with van der Waals surface area (Å²) >= 11 is 5.91. The van der Waals surface area contributed by atoms with Gasteiger partial charge in [-0.05, 0) is 49.8 Å². The lowest BCUT2D eigenvalue weighted by Crippen LogP contribution is -2.26. The molecule has 1 aromatic rings. The Labute approximate surface area is 115 Å². The Morgan fingerprint density at radius 1 is 1.28 bits per heavy atom. The monoisotopic (exact) mass is 266 g/mol. The van der Waals surface area contributed by atoms with E-state index in [9.17, 15) is 0 Å². The molecule has 0 bridgehead atoms. The molecule has 1 aliphatic rings. The molecular formula is C15H23ClN2. The van der Waals surface area contributed by atoms with Crippen LogP contribution in [0.5, 0.6) is 0 Å². The number of nitrogens with one attached hydrogen (secondary N) is 1. The van der Waals surface area contributed by atoms with Gasteiger partial charge in [0.1, 0.15) is 0 Å². The van der Waals surface area contributed by atoms with Crippen molar-refractivity contribution in [1.82, 2.24) is 0 Å². The Kier molecular flexibility index (Phi) is 4.76. The van der Waals surface area contributed by atoms with Crippen LogP contribution in [0.2, 0.25) is 5.02 Å². The fraction of sp³-hybridized carbons (Fsp3) is 0.600. The van der Waals surface area contributed by atoms with E-state index in [4.69, 9.17) is 17.3 Å². The average molecular weight is 267 g/mol. The van der Waals surface area contributed by atoms with Crippen LogP contribution in [0.25, 0.3) is 0 Å². The maximum absolute atomic E-state index is 5.97. The highest BCUT2D eigenvalue weighted by Gasteiger charge is 2.20. The molecular weight excluding hydrogens is 244 g/mol. The number of nitrogens with two attached hydrogens (primary N) is 1. The van der Waals surface area contributed by atoms with Crippen molar-refractivity contribution < 1.29 is 0 Å². The van der Waals surface area contributed by atoms with Crippen LogP contribution in [0.1, 0.15) is 45.4 Å². The number of nitrogen functional groups attached to an aromatic ring is 1. The van der Waals surface area contributed by atoms with Crippen molar-refractivity contribution >= 4 is 23.0 Å². The zero-order valence-electron chi connectivity index (χ0n) is 11.1. The quantitative estimate of drug-likeness (QED) is 0.776. The summed E-state index contributed by atoms with van der Waals surface area (Å²) < 4.78 is 0. The third-order valence-corrected chi connectivity index (χ3v) is 4.15. The lowest BCUT2D eigenvalue weighted by atomic mass is 9.83. The lowest BCUT2D eigenvalue weighted by Gasteiger charge is -2.30. The Morgan fingerprint density at radius 2 is 2.00 bits per heavy atom. The highest BCUT2D eigenvalue weighted by molar-refractivity contribution is 6.31. The molecule has 3 heteroatoms. The van der Waals surface area contributed by atoms with Crippen LogP contribution in [-0.4, -0.2) is 6.04 Å². The SMILES string of the molecule is CCCC1CCC(Nc2ccc(Cl)cc2N)CC1. The fourth-order valence-electron chi connectivity index (χ4n) is 2.89. The molecule has 0 unspecified atom stereocenters. The second-order valence-electron chi connectivity index (χ2n) is 5.38. The van der Waals surface area contributed by atoms with Crippen molar-refractivity contribution in [2.24, 2.45) is 5.92 Å². The molecule has 0 amide bonds. The summed E-state index contributed by atoms with van der Waals surface area (Å²) in [7, 11) is 0. The lowest BCUT2D eigenvalue weighted by molar-refractivity contribution is 0.319.